The molecule has 0 amide bonds. The molecule has 144 valence electrons. The van der Waals surface area contributed by atoms with Crippen molar-refractivity contribution in [1.82, 2.24) is 19.7 Å². The Kier molecular flexibility index (Phi) is 5.66. The van der Waals surface area contributed by atoms with E-state index >= 15 is 0 Å². The van der Waals surface area contributed by atoms with Gasteiger partial charge >= 0.3 is 0 Å². The zero-order valence-electron chi connectivity index (χ0n) is 16.0. The number of piperidine rings is 1. The van der Waals surface area contributed by atoms with Crippen LogP contribution in [0.1, 0.15) is 30.4 Å². The van der Waals surface area contributed by atoms with E-state index in [1.807, 2.05) is 4.68 Å². The van der Waals surface area contributed by atoms with Crippen LogP contribution in [0, 0.1) is 0 Å². The number of aromatic nitrogens is 3. The molecule has 1 aliphatic heterocycles. The zero-order chi connectivity index (χ0) is 19.2. The molecule has 1 saturated heterocycles. The van der Waals surface area contributed by atoms with E-state index in [0.717, 1.165) is 19.6 Å². The summed E-state index contributed by atoms with van der Waals surface area (Å²) in [6, 6.07) is 17.0. The maximum atomic E-state index is 6.23. The first-order valence-corrected chi connectivity index (χ1v) is 9.84. The molecule has 1 aliphatic rings. The molecule has 1 aromatic heterocycles. The average molecular weight is 374 g/mol. The lowest BCUT2D eigenvalue weighted by Gasteiger charge is -2.27. The molecule has 0 saturated carbocycles. The molecule has 2 N–H and O–H groups in total. The van der Waals surface area contributed by atoms with E-state index in [9.17, 15) is 0 Å². The summed E-state index contributed by atoms with van der Waals surface area (Å²) in [6.07, 6.45) is 6.98. The van der Waals surface area contributed by atoms with Gasteiger partial charge in [-0.3, -0.25) is 0 Å². The van der Waals surface area contributed by atoms with Gasteiger partial charge in [0.1, 0.15) is 12.7 Å². The van der Waals surface area contributed by atoms with Crippen molar-refractivity contribution >= 4 is 5.96 Å². The van der Waals surface area contributed by atoms with Crippen molar-refractivity contribution in [2.24, 2.45) is 10.7 Å². The summed E-state index contributed by atoms with van der Waals surface area (Å²) in [5, 5.41) is 4.16. The SMILES string of the molecule is NC(=NCc1ccccc1-c1ccc(Cn2cncn2)cc1)N1CCCCC1. The van der Waals surface area contributed by atoms with Crippen molar-refractivity contribution in [1.29, 1.82) is 0 Å². The van der Waals surface area contributed by atoms with E-state index in [1.165, 1.54) is 41.5 Å². The highest BCUT2D eigenvalue weighted by molar-refractivity contribution is 5.78. The van der Waals surface area contributed by atoms with Crippen molar-refractivity contribution in [3.8, 4) is 11.1 Å². The van der Waals surface area contributed by atoms with E-state index in [2.05, 4.69) is 68.5 Å². The van der Waals surface area contributed by atoms with E-state index in [1.54, 1.807) is 12.7 Å². The molecule has 6 nitrogen and oxygen atoms in total. The van der Waals surface area contributed by atoms with Crippen molar-refractivity contribution < 1.29 is 0 Å². The van der Waals surface area contributed by atoms with Gasteiger partial charge in [-0.2, -0.15) is 5.10 Å². The van der Waals surface area contributed by atoms with Crippen LogP contribution >= 0.6 is 0 Å². The Bertz CT molecular complexity index is 908. The third-order valence-electron chi connectivity index (χ3n) is 5.18. The number of likely N-dealkylation sites (tertiary alicyclic amines) is 1. The molecule has 28 heavy (non-hydrogen) atoms. The summed E-state index contributed by atoms with van der Waals surface area (Å²) in [5.74, 6) is 0.665. The van der Waals surface area contributed by atoms with Crippen LogP contribution in [-0.2, 0) is 13.1 Å². The van der Waals surface area contributed by atoms with Crippen molar-refractivity contribution in [2.75, 3.05) is 13.1 Å². The molecule has 2 heterocycles. The highest BCUT2D eigenvalue weighted by atomic mass is 15.3. The Balaban J connectivity index is 1.49. The summed E-state index contributed by atoms with van der Waals surface area (Å²) in [5.41, 5.74) is 11.0. The topological polar surface area (TPSA) is 72.3 Å². The predicted octanol–water partition coefficient (Wildman–Crippen LogP) is 3.29. The number of rotatable bonds is 5. The van der Waals surface area contributed by atoms with Gasteiger partial charge in [0.2, 0.25) is 0 Å². The van der Waals surface area contributed by atoms with Crippen LogP contribution in [0.15, 0.2) is 66.2 Å². The second kappa shape index (κ2) is 8.69. The summed E-state index contributed by atoms with van der Waals surface area (Å²) < 4.78 is 1.82. The second-order valence-corrected chi connectivity index (χ2v) is 7.17. The fraction of sp³-hybridized carbons (Fsp3) is 0.318. The lowest BCUT2D eigenvalue weighted by molar-refractivity contribution is 0.338. The smallest absolute Gasteiger partial charge is 0.191 e. The van der Waals surface area contributed by atoms with Gasteiger partial charge in [-0.25, -0.2) is 14.7 Å². The lowest BCUT2D eigenvalue weighted by atomic mass is 9.98. The Morgan fingerprint density at radius 2 is 1.79 bits per heavy atom. The molecule has 6 heteroatoms. The highest BCUT2D eigenvalue weighted by Crippen LogP contribution is 2.25. The quantitative estimate of drug-likeness (QED) is 0.549. The van der Waals surface area contributed by atoms with Gasteiger partial charge in [-0.1, -0.05) is 48.5 Å². The Morgan fingerprint density at radius 1 is 1.00 bits per heavy atom. The summed E-state index contributed by atoms with van der Waals surface area (Å²) in [7, 11) is 0. The normalized spacial score (nSPS) is 15.0. The van der Waals surface area contributed by atoms with E-state index in [0.29, 0.717) is 12.5 Å². The molecule has 0 atom stereocenters. The maximum absolute atomic E-state index is 6.23. The first-order chi connectivity index (χ1) is 13.8. The maximum Gasteiger partial charge on any atom is 0.191 e. The van der Waals surface area contributed by atoms with Crippen LogP contribution in [0.4, 0.5) is 0 Å². The molecule has 0 bridgehead atoms. The number of hydrogen-bond acceptors (Lipinski definition) is 3. The van der Waals surface area contributed by atoms with Crippen molar-refractivity contribution in [3.05, 3.63) is 72.3 Å². The molecule has 2 aromatic carbocycles. The third kappa shape index (κ3) is 4.39. The highest BCUT2D eigenvalue weighted by Gasteiger charge is 2.12. The third-order valence-corrected chi connectivity index (χ3v) is 5.18. The molecule has 0 unspecified atom stereocenters. The van der Waals surface area contributed by atoms with Gasteiger partial charge < -0.3 is 10.6 Å². The summed E-state index contributed by atoms with van der Waals surface area (Å²) in [6.45, 7) is 3.35. The van der Waals surface area contributed by atoms with Crippen LogP contribution in [0.25, 0.3) is 11.1 Å². The number of hydrogen-bond donors (Lipinski definition) is 1. The van der Waals surface area contributed by atoms with E-state index in [-0.39, 0.29) is 0 Å². The average Bonchev–Trinajstić information content (AvgIpc) is 3.26. The molecule has 0 radical (unpaired) electrons. The van der Waals surface area contributed by atoms with Gasteiger partial charge in [0.25, 0.3) is 0 Å². The number of nitrogens with zero attached hydrogens (tertiary/aromatic N) is 5. The number of guanidine groups is 1. The summed E-state index contributed by atoms with van der Waals surface area (Å²) in [4.78, 5) is 10.9. The molecule has 0 aliphatic carbocycles. The van der Waals surface area contributed by atoms with Crippen molar-refractivity contribution in [2.45, 2.75) is 32.4 Å². The van der Waals surface area contributed by atoms with Gasteiger partial charge in [-0.15, -0.1) is 0 Å². The number of benzene rings is 2. The van der Waals surface area contributed by atoms with Crippen LogP contribution in [0.2, 0.25) is 0 Å². The van der Waals surface area contributed by atoms with Crippen LogP contribution in [0.3, 0.4) is 0 Å². The minimum absolute atomic E-state index is 0.596. The predicted molar refractivity (Wildman–Crippen MR) is 112 cm³/mol. The molecule has 1 fully saturated rings. The lowest BCUT2D eigenvalue weighted by Crippen LogP contribution is -2.40. The fourth-order valence-electron chi connectivity index (χ4n) is 3.62. The number of aliphatic imine (C=N–C) groups is 1. The molecule has 4 rings (SSSR count). The molecular weight excluding hydrogens is 348 g/mol. The van der Waals surface area contributed by atoms with E-state index in [4.69, 9.17) is 5.73 Å². The molecule has 0 spiro atoms. The number of nitrogens with two attached hydrogens (primary N) is 1. The van der Waals surface area contributed by atoms with Crippen LogP contribution in [0.5, 0.6) is 0 Å². The van der Waals surface area contributed by atoms with Crippen LogP contribution < -0.4 is 5.73 Å². The minimum atomic E-state index is 0.596. The standard InChI is InChI=1S/C22H26N6/c23-22(27-12-4-1-5-13-27)25-14-20-6-2-3-7-21(20)19-10-8-18(9-11-19)15-28-17-24-16-26-28/h2-3,6-11,16-17H,1,4-5,12-15H2,(H2,23,25). The summed E-state index contributed by atoms with van der Waals surface area (Å²) >= 11 is 0. The molecular formula is C22H26N6. The van der Waals surface area contributed by atoms with E-state index < -0.39 is 0 Å². The van der Waals surface area contributed by atoms with Gasteiger partial charge in [0.05, 0.1) is 13.1 Å². The van der Waals surface area contributed by atoms with Crippen LogP contribution in [-0.4, -0.2) is 38.7 Å². The van der Waals surface area contributed by atoms with Gasteiger partial charge in [0, 0.05) is 13.1 Å². The fourth-order valence-corrected chi connectivity index (χ4v) is 3.62. The zero-order valence-corrected chi connectivity index (χ0v) is 16.0. The second-order valence-electron chi connectivity index (χ2n) is 7.17. The van der Waals surface area contributed by atoms with Gasteiger partial charge in [0.15, 0.2) is 5.96 Å². The monoisotopic (exact) mass is 374 g/mol. The van der Waals surface area contributed by atoms with Gasteiger partial charge in [-0.05, 0) is 41.5 Å². The Morgan fingerprint density at radius 3 is 2.54 bits per heavy atom. The largest absolute Gasteiger partial charge is 0.370 e. The molecule has 3 aromatic rings. The van der Waals surface area contributed by atoms with Crippen molar-refractivity contribution in [3.63, 3.8) is 0 Å². The minimum Gasteiger partial charge on any atom is -0.370 e. The first-order valence-electron chi connectivity index (χ1n) is 9.84. The first kappa shape index (κ1) is 18.2. The Hall–Kier alpha value is -3.15. The Labute approximate surface area is 165 Å².